The van der Waals surface area contributed by atoms with Gasteiger partial charge in [0.1, 0.15) is 17.5 Å². The average molecular weight is 540 g/mol. The van der Waals surface area contributed by atoms with Crippen LogP contribution in [0.4, 0.5) is 23.1 Å². The molecule has 0 bridgehead atoms. The number of carbonyl (C=O) groups is 2. The van der Waals surface area contributed by atoms with Crippen molar-refractivity contribution in [1.82, 2.24) is 20.2 Å². The van der Waals surface area contributed by atoms with Gasteiger partial charge in [0.15, 0.2) is 5.82 Å². The van der Waals surface area contributed by atoms with Crippen molar-refractivity contribution in [2.24, 2.45) is 0 Å². The van der Waals surface area contributed by atoms with Gasteiger partial charge in [0.05, 0.1) is 19.0 Å². The number of nitrogens with zero attached hydrogens (tertiary/aromatic N) is 5. The standard InChI is InChI=1S/C28H39N7O3.H2O/c1-5-22-27(37)34(3)23-17-29-28(32-25(23)35(22)20-8-6-7-9-20)31-21-11-10-18(16-24(21)38-4)26(36)30-19-12-14-33(2)15-13-19;/h10-11,16-17,19-20,22H,5-9,12-15H2,1-4H3,(H,30,36)(H,29,31,32);1H2/t22-;/m1./s1. The molecular formula is C28H41N7O4. The van der Waals surface area contributed by atoms with Crippen molar-refractivity contribution in [3.63, 3.8) is 0 Å². The Kier molecular flexibility index (Phi) is 8.91. The summed E-state index contributed by atoms with van der Waals surface area (Å²) in [5, 5.41) is 6.44. The van der Waals surface area contributed by atoms with Gasteiger partial charge in [-0.05, 0) is 70.4 Å². The van der Waals surface area contributed by atoms with E-state index in [1.54, 1.807) is 37.4 Å². The Morgan fingerprint density at radius 2 is 1.85 bits per heavy atom. The summed E-state index contributed by atoms with van der Waals surface area (Å²) in [6.07, 6.45) is 8.80. The van der Waals surface area contributed by atoms with Gasteiger partial charge in [0.2, 0.25) is 11.9 Å². The summed E-state index contributed by atoms with van der Waals surface area (Å²) in [6.45, 7) is 4.02. The number of fused-ring (bicyclic) bond motifs is 1. The summed E-state index contributed by atoms with van der Waals surface area (Å²) in [4.78, 5) is 41.6. The Morgan fingerprint density at radius 3 is 2.51 bits per heavy atom. The zero-order valence-corrected chi connectivity index (χ0v) is 23.4. The lowest BCUT2D eigenvalue weighted by molar-refractivity contribution is -0.120. The molecule has 212 valence electrons. The number of aromatic nitrogens is 2. The summed E-state index contributed by atoms with van der Waals surface area (Å²) in [5.74, 6) is 1.74. The number of carbonyl (C=O) groups excluding carboxylic acids is 2. The predicted octanol–water partition coefficient (Wildman–Crippen LogP) is 2.73. The third-order valence-electron chi connectivity index (χ3n) is 8.18. The molecule has 2 aromatic rings. The van der Waals surface area contributed by atoms with E-state index in [9.17, 15) is 9.59 Å². The van der Waals surface area contributed by atoms with Crippen LogP contribution in [0, 0.1) is 0 Å². The highest BCUT2D eigenvalue weighted by atomic mass is 16.5. The molecule has 1 atom stereocenters. The molecule has 1 saturated carbocycles. The van der Waals surface area contributed by atoms with Gasteiger partial charge in [-0.1, -0.05) is 19.8 Å². The highest BCUT2D eigenvalue weighted by molar-refractivity contribution is 6.04. The Balaban J connectivity index is 0.00000353. The fraction of sp³-hybridized carbons (Fsp3) is 0.571. The maximum Gasteiger partial charge on any atom is 0.251 e. The molecule has 0 spiro atoms. The number of likely N-dealkylation sites (tertiary alicyclic amines) is 1. The molecule has 1 saturated heterocycles. The van der Waals surface area contributed by atoms with Crippen molar-refractivity contribution in [2.75, 3.05) is 49.4 Å². The lowest BCUT2D eigenvalue weighted by Crippen LogP contribution is -2.55. The first-order chi connectivity index (χ1) is 18.4. The number of ether oxygens (including phenoxy) is 1. The molecule has 1 aliphatic carbocycles. The van der Waals surface area contributed by atoms with Crippen LogP contribution in [0.25, 0.3) is 0 Å². The summed E-state index contributed by atoms with van der Waals surface area (Å²) >= 11 is 0. The van der Waals surface area contributed by atoms with Gasteiger partial charge in [-0.15, -0.1) is 0 Å². The normalized spacial score (nSPS) is 20.4. The SMILES string of the molecule is CC[C@@H]1C(=O)N(C)c2cnc(Nc3ccc(C(=O)NC4CCN(C)CC4)cc3OC)nc2N1C1CCCC1.O. The first-order valence-electron chi connectivity index (χ1n) is 13.8. The van der Waals surface area contributed by atoms with Gasteiger partial charge in [0.25, 0.3) is 5.91 Å². The van der Waals surface area contributed by atoms with E-state index in [1.807, 2.05) is 6.07 Å². The molecule has 3 heterocycles. The van der Waals surface area contributed by atoms with E-state index in [-0.39, 0.29) is 29.4 Å². The average Bonchev–Trinajstić information content (AvgIpc) is 3.46. The molecule has 1 aromatic carbocycles. The molecular weight excluding hydrogens is 498 g/mol. The molecule has 4 N–H and O–H groups in total. The number of nitrogens with one attached hydrogen (secondary N) is 2. The van der Waals surface area contributed by atoms with Gasteiger partial charge >= 0.3 is 0 Å². The minimum absolute atomic E-state index is 0. The molecule has 2 fully saturated rings. The Morgan fingerprint density at radius 1 is 1.13 bits per heavy atom. The zero-order chi connectivity index (χ0) is 26.8. The fourth-order valence-electron chi connectivity index (χ4n) is 5.92. The van der Waals surface area contributed by atoms with Crippen LogP contribution in [-0.2, 0) is 4.79 Å². The number of rotatable bonds is 7. The van der Waals surface area contributed by atoms with E-state index in [0.717, 1.165) is 56.7 Å². The first kappa shape index (κ1) is 28.6. The molecule has 5 rings (SSSR count). The van der Waals surface area contributed by atoms with Crippen LogP contribution in [0.3, 0.4) is 0 Å². The number of hydrogen-bond acceptors (Lipinski definition) is 8. The second-order valence-corrected chi connectivity index (χ2v) is 10.7. The molecule has 1 aromatic heterocycles. The number of anilines is 4. The van der Waals surface area contributed by atoms with Crippen LogP contribution < -0.4 is 25.2 Å². The van der Waals surface area contributed by atoms with Crippen LogP contribution in [0.15, 0.2) is 24.4 Å². The van der Waals surface area contributed by atoms with E-state index < -0.39 is 0 Å². The van der Waals surface area contributed by atoms with Crippen LogP contribution in [0.1, 0.15) is 62.2 Å². The molecule has 2 amide bonds. The minimum Gasteiger partial charge on any atom is -0.495 e. The Bertz CT molecular complexity index is 1180. The number of amides is 2. The molecule has 3 aliphatic rings. The minimum atomic E-state index is -0.227. The summed E-state index contributed by atoms with van der Waals surface area (Å²) in [5.41, 5.74) is 1.95. The summed E-state index contributed by atoms with van der Waals surface area (Å²) < 4.78 is 5.63. The third kappa shape index (κ3) is 5.79. The van der Waals surface area contributed by atoms with Crippen molar-refractivity contribution >= 4 is 35.0 Å². The smallest absolute Gasteiger partial charge is 0.251 e. The van der Waals surface area contributed by atoms with Gasteiger partial charge in [-0.2, -0.15) is 4.98 Å². The van der Waals surface area contributed by atoms with Crippen molar-refractivity contribution < 1.29 is 19.8 Å². The van der Waals surface area contributed by atoms with Crippen molar-refractivity contribution in [3.8, 4) is 5.75 Å². The maximum atomic E-state index is 13.1. The van der Waals surface area contributed by atoms with Crippen molar-refractivity contribution in [3.05, 3.63) is 30.0 Å². The third-order valence-corrected chi connectivity index (χ3v) is 8.18. The van der Waals surface area contributed by atoms with E-state index in [1.165, 1.54) is 12.8 Å². The quantitative estimate of drug-likeness (QED) is 0.549. The van der Waals surface area contributed by atoms with E-state index in [0.29, 0.717) is 29.0 Å². The Labute approximate surface area is 230 Å². The van der Waals surface area contributed by atoms with Gasteiger partial charge in [-0.3, -0.25) is 9.59 Å². The number of benzene rings is 1. The number of hydrogen-bond donors (Lipinski definition) is 2. The predicted molar refractivity (Wildman–Crippen MR) is 152 cm³/mol. The van der Waals surface area contributed by atoms with Crippen molar-refractivity contribution in [1.29, 1.82) is 0 Å². The van der Waals surface area contributed by atoms with Crippen LogP contribution in [0.2, 0.25) is 0 Å². The molecule has 2 aliphatic heterocycles. The van der Waals surface area contributed by atoms with Gasteiger partial charge in [-0.25, -0.2) is 4.98 Å². The lowest BCUT2D eigenvalue weighted by Gasteiger charge is -2.43. The summed E-state index contributed by atoms with van der Waals surface area (Å²) in [7, 11) is 5.48. The lowest BCUT2D eigenvalue weighted by atomic mass is 10.0. The number of piperidine rings is 1. The van der Waals surface area contributed by atoms with E-state index in [4.69, 9.17) is 9.72 Å². The maximum absolute atomic E-state index is 13.1. The number of methoxy groups -OCH3 is 1. The fourth-order valence-corrected chi connectivity index (χ4v) is 5.92. The van der Waals surface area contributed by atoms with Crippen LogP contribution >= 0.6 is 0 Å². The number of likely N-dealkylation sites (N-methyl/N-ethyl adjacent to an activating group) is 1. The highest BCUT2D eigenvalue weighted by Crippen LogP contribution is 2.40. The van der Waals surface area contributed by atoms with Gasteiger partial charge < -0.3 is 35.5 Å². The molecule has 0 radical (unpaired) electrons. The topological polar surface area (TPSA) is 134 Å². The molecule has 39 heavy (non-hydrogen) atoms. The van der Waals surface area contributed by atoms with E-state index >= 15 is 0 Å². The van der Waals surface area contributed by atoms with Gasteiger partial charge in [0, 0.05) is 24.7 Å². The Hall–Kier alpha value is -3.44. The zero-order valence-electron chi connectivity index (χ0n) is 23.4. The first-order valence-corrected chi connectivity index (χ1v) is 13.8. The second-order valence-electron chi connectivity index (χ2n) is 10.7. The second kappa shape index (κ2) is 12.2. The monoisotopic (exact) mass is 539 g/mol. The van der Waals surface area contributed by atoms with Crippen molar-refractivity contribution in [2.45, 2.75) is 70.0 Å². The highest BCUT2D eigenvalue weighted by Gasteiger charge is 2.41. The summed E-state index contributed by atoms with van der Waals surface area (Å²) in [6, 6.07) is 5.62. The largest absolute Gasteiger partial charge is 0.495 e. The van der Waals surface area contributed by atoms with Crippen LogP contribution in [0.5, 0.6) is 5.75 Å². The van der Waals surface area contributed by atoms with Crippen LogP contribution in [-0.4, -0.2) is 84.6 Å². The molecule has 11 heteroatoms. The molecule has 11 nitrogen and oxygen atoms in total. The van der Waals surface area contributed by atoms with E-state index in [2.05, 4.69) is 39.4 Å². The molecule has 0 unspecified atom stereocenters.